The van der Waals surface area contributed by atoms with Crippen molar-refractivity contribution in [3.63, 3.8) is 0 Å². The van der Waals surface area contributed by atoms with E-state index in [2.05, 4.69) is 10.4 Å². The van der Waals surface area contributed by atoms with E-state index < -0.39 is 11.9 Å². The van der Waals surface area contributed by atoms with Gasteiger partial charge in [0.2, 0.25) is 5.91 Å². The third kappa shape index (κ3) is 3.98. The van der Waals surface area contributed by atoms with Gasteiger partial charge in [-0.25, -0.2) is 4.39 Å². The Balaban J connectivity index is 1.96. The van der Waals surface area contributed by atoms with E-state index in [1.807, 2.05) is 30.3 Å². The summed E-state index contributed by atoms with van der Waals surface area (Å²) in [5.41, 5.74) is 18.5. The number of nitrogens with zero attached hydrogens (tertiary/aromatic N) is 2. The minimum Gasteiger partial charge on any atom is -0.398 e. The summed E-state index contributed by atoms with van der Waals surface area (Å²) in [6.07, 6.45) is 3.34. The lowest BCUT2D eigenvalue weighted by Gasteiger charge is -2.25. The Morgan fingerprint density at radius 1 is 1.19 bits per heavy atom. The molecule has 0 bridgehead atoms. The molecule has 3 aromatic rings. The number of anilines is 1. The first-order chi connectivity index (χ1) is 15.0. The van der Waals surface area contributed by atoms with E-state index in [1.165, 1.54) is 18.2 Å². The zero-order valence-corrected chi connectivity index (χ0v) is 16.9. The fourth-order valence-electron chi connectivity index (χ4n) is 3.63. The summed E-state index contributed by atoms with van der Waals surface area (Å²) in [5.74, 6) is -0.220. The molecule has 0 spiro atoms. The molecule has 1 aliphatic rings. The van der Waals surface area contributed by atoms with Crippen molar-refractivity contribution < 1.29 is 14.0 Å². The Labute approximate surface area is 179 Å². The molecule has 8 heteroatoms. The molecule has 2 aromatic carbocycles. The predicted molar refractivity (Wildman–Crippen MR) is 116 cm³/mol. The Hall–Kier alpha value is -3.75. The first-order valence-corrected chi connectivity index (χ1v) is 9.72. The highest BCUT2D eigenvalue weighted by Crippen LogP contribution is 2.47. The van der Waals surface area contributed by atoms with Crippen LogP contribution in [0, 0.1) is 5.82 Å². The number of hydrogen-bond acceptors (Lipinski definition) is 6. The largest absolute Gasteiger partial charge is 0.398 e. The van der Waals surface area contributed by atoms with E-state index in [1.54, 1.807) is 30.6 Å². The number of pyridine rings is 1. The van der Waals surface area contributed by atoms with E-state index in [9.17, 15) is 9.18 Å². The maximum absolute atomic E-state index is 14.1. The summed E-state index contributed by atoms with van der Waals surface area (Å²) in [7, 11) is 0. The van der Waals surface area contributed by atoms with Crippen LogP contribution >= 0.6 is 0 Å². The minimum atomic E-state index is -0.577. The average Bonchev–Trinajstić information content (AvgIpc) is 3.13. The van der Waals surface area contributed by atoms with Crippen LogP contribution in [0.25, 0.3) is 11.3 Å². The molecule has 1 unspecified atom stereocenters. The monoisotopic (exact) mass is 419 g/mol. The highest BCUT2D eigenvalue weighted by Gasteiger charge is 2.39. The third-order valence-corrected chi connectivity index (χ3v) is 5.01. The minimum absolute atomic E-state index is 0.0418. The number of carbonyl (C=O) groups is 1. The summed E-state index contributed by atoms with van der Waals surface area (Å²) < 4.78 is 14.1. The number of hydrogen-bond donors (Lipinski definition) is 3. The van der Waals surface area contributed by atoms with Gasteiger partial charge in [-0.3, -0.25) is 15.2 Å². The van der Waals surface area contributed by atoms with Gasteiger partial charge in [-0.2, -0.15) is 0 Å². The number of aromatic nitrogens is 1. The molecule has 4 rings (SSSR count). The molecule has 7 nitrogen and oxygen atoms in total. The lowest BCUT2D eigenvalue weighted by Crippen LogP contribution is -2.40. The van der Waals surface area contributed by atoms with Crippen molar-refractivity contribution >= 4 is 22.9 Å². The maximum Gasteiger partial charge on any atom is 0.233 e. The highest BCUT2D eigenvalue weighted by molar-refractivity contribution is 5.94. The number of nitrogens with two attached hydrogens (primary N) is 2. The second kappa shape index (κ2) is 8.55. The van der Waals surface area contributed by atoms with Gasteiger partial charge < -0.3 is 16.3 Å². The Kier molecular flexibility index (Phi) is 5.66. The van der Waals surface area contributed by atoms with Crippen LogP contribution < -0.4 is 16.9 Å². The number of benzene rings is 2. The average molecular weight is 419 g/mol. The van der Waals surface area contributed by atoms with Crippen LogP contribution in [0.2, 0.25) is 0 Å². The molecule has 1 aliphatic heterocycles. The number of rotatable bonds is 5. The fourth-order valence-corrected chi connectivity index (χ4v) is 3.63. The van der Waals surface area contributed by atoms with Crippen molar-refractivity contribution in [2.45, 2.75) is 19.5 Å². The Morgan fingerprint density at radius 3 is 2.61 bits per heavy atom. The molecule has 0 fully saturated rings. The summed E-state index contributed by atoms with van der Waals surface area (Å²) in [4.78, 5) is 22.2. The molecule has 158 valence electrons. The van der Waals surface area contributed by atoms with Crippen molar-refractivity contribution in [2.75, 3.05) is 5.73 Å². The van der Waals surface area contributed by atoms with Gasteiger partial charge in [0, 0.05) is 48.2 Å². The van der Waals surface area contributed by atoms with Gasteiger partial charge in [0.15, 0.2) is 5.76 Å². The van der Waals surface area contributed by atoms with Gasteiger partial charge in [0.05, 0.1) is 0 Å². The lowest BCUT2D eigenvalue weighted by atomic mass is 9.90. The molecule has 0 radical (unpaired) electrons. The van der Waals surface area contributed by atoms with Crippen LogP contribution in [-0.2, 0) is 16.2 Å². The van der Waals surface area contributed by atoms with Gasteiger partial charge in [-0.15, -0.1) is 0 Å². The van der Waals surface area contributed by atoms with Crippen molar-refractivity contribution in [1.82, 2.24) is 15.6 Å². The number of para-hydroxylation sites is 1. The van der Waals surface area contributed by atoms with Gasteiger partial charge in [0.25, 0.3) is 0 Å². The topological polar surface area (TPSA) is 106 Å². The van der Waals surface area contributed by atoms with Crippen molar-refractivity contribution in [1.29, 1.82) is 0 Å². The summed E-state index contributed by atoms with van der Waals surface area (Å²) in [6, 6.07) is 15.1. The summed E-state index contributed by atoms with van der Waals surface area (Å²) in [5, 5.41) is 1.35. The highest BCUT2D eigenvalue weighted by atomic mass is 19.1. The standard InChI is InChI=1S/C23H22FN5O2/c1-14(30)28-29-22(16-6-7-19(24)17(12-16)13-25)21(15-8-10-27-11-9-15)23(31-29)18-4-2-3-5-20(18)26/h2-12,22H,13,25-26H2,1H3,(H,28,30). The smallest absolute Gasteiger partial charge is 0.233 e. The zero-order valence-electron chi connectivity index (χ0n) is 16.9. The second-order valence-electron chi connectivity index (χ2n) is 7.11. The molecule has 2 heterocycles. The summed E-state index contributed by atoms with van der Waals surface area (Å²) >= 11 is 0. The van der Waals surface area contributed by atoms with Crippen molar-refractivity contribution in [3.05, 3.63) is 95.1 Å². The third-order valence-electron chi connectivity index (χ3n) is 5.01. The van der Waals surface area contributed by atoms with Crippen molar-refractivity contribution in [2.24, 2.45) is 5.73 Å². The number of hydroxylamine groups is 1. The fraction of sp³-hybridized carbons (Fsp3) is 0.130. The van der Waals surface area contributed by atoms with E-state index >= 15 is 0 Å². The van der Waals surface area contributed by atoms with Crippen LogP contribution in [0.3, 0.4) is 0 Å². The number of hydrazine groups is 1. The number of nitrogens with one attached hydrogen (secondary N) is 1. The van der Waals surface area contributed by atoms with Crippen LogP contribution in [-0.4, -0.2) is 16.1 Å². The van der Waals surface area contributed by atoms with Gasteiger partial charge in [0.1, 0.15) is 11.9 Å². The molecule has 0 aliphatic carbocycles. The molecule has 0 saturated heterocycles. The zero-order chi connectivity index (χ0) is 22.0. The predicted octanol–water partition coefficient (Wildman–Crippen LogP) is 3.17. The molecular weight excluding hydrogens is 397 g/mol. The van der Waals surface area contributed by atoms with E-state index in [0.29, 0.717) is 28.1 Å². The summed E-state index contributed by atoms with van der Waals surface area (Å²) in [6.45, 7) is 1.43. The lowest BCUT2D eigenvalue weighted by molar-refractivity contribution is -0.159. The van der Waals surface area contributed by atoms with Crippen LogP contribution in [0.4, 0.5) is 10.1 Å². The normalized spacial score (nSPS) is 16.3. The van der Waals surface area contributed by atoms with Crippen LogP contribution in [0.5, 0.6) is 0 Å². The second-order valence-corrected chi connectivity index (χ2v) is 7.11. The van der Waals surface area contributed by atoms with Gasteiger partial charge in [-0.05, 0) is 52.7 Å². The van der Waals surface area contributed by atoms with E-state index in [0.717, 1.165) is 11.1 Å². The van der Waals surface area contributed by atoms with Crippen LogP contribution in [0.15, 0.2) is 67.0 Å². The number of amides is 1. The van der Waals surface area contributed by atoms with Gasteiger partial charge in [-0.1, -0.05) is 18.2 Å². The molecule has 0 saturated carbocycles. The maximum atomic E-state index is 14.1. The molecular formula is C23H22FN5O2. The van der Waals surface area contributed by atoms with Gasteiger partial charge >= 0.3 is 0 Å². The molecule has 1 atom stereocenters. The van der Waals surface area contributed by atoms with Crippen molar-refractivity contribution in [3.8, 4) is 0 Å². The molecule has 5 N–H and O–H groups in total. The van der Waals surface area contributed by atoms with Crippen LogP contribution in [0.1, 0.15) is 35.2 Å². The quantitative estimate of drug-likeness (QED) is 0.549. The van der Waals surface area contributed by atoms with E-state index in [4.69, 9.17) is 16.3 Å². The first kappa shape index (κ1) is 20.5. The number of halogens is 1. The Bertz CT molecular complexity index is 1150. The molecule has 1 aromatic heterocycles. The van der Waals surface area contributed by atoms with E-state index in [-0.39, 0.29) is 12.5 Å². The number of nitrogen functional groups attached to an aromatic ring is 1. The molecule has 31 heavy (non-hydrogen) atoms. The molecule has 1 amide bonds. The number of carbonyl (C=O) groups excluding carboxylic acids is 1. The SMILES string of the molecule is CC(=O)NN1OC(c2ccccc2N)=C(c2ccncc2)C1c1ccc(F)c(CN)c1. The first-order valence-electron chi connectivity index (χ1n) is 9.72. The Morgan fingerprint density at radius 2 is 1.94 bits per heavy atom.